The maximum Gasteiger partial charge on any atom is 0.239 e. The van der Waals surface area contributed by atoms with Crippen LogP contribution in [-0.2, 0) is 11.3 Å². The van der Waals surface area contributed by atoms with E-state index in [0.29, 0.717) is 18.2 Å². The summed E-state index contributed by atoms with van der Waals surface area (Å²) in [6, 6.07) is 10.3. The van der Waals surface area contributed by atoms with Crippen LogP contribution in [0.4, 0.5) is 0 Å². The summed E-state index contributed by atoms with van der Waals surface area (Å²) in [5.41, 5.74) is 1.74. The number of likely N-dealkylation sites (tertiary alicyclic amines) is 1. The molecule has 0 unspecified atom stereocenters. The van der Waals surface area contributed by atoms with Gasteiger partial charge in [-0.3, -0.25) is 9.69 Å². The van der Waals surface area contributed by atoms with Crippen molar-refractivity contribution in [3.8, 4) is 6.07 Å². The number of piperidine rings is 1. The molecule has 1 aliphatic heterocycles. The average Bonchev–Trinajstić information content (AvgIpc) is 3.16. The highest BCUT2D eigenvalue weighted by Gasteiger charge is 2.35. The zero-order chi connectivity index (χ0) is 16.9. The normalized spacial score (nSPS) is 22.2. The molecule has 2 fully saturated rings. The highest BCUT2D eigenvalue weighted by Crippen LogP contribution is 2.30. The monoisotopic (exact) mass is 325 g/mol. The van der Waals surface area contributed by atoms with Crippen LogP contribution in [0.2, 0.25) is 0 Å². The standard InChI is InChI=1S/C20H27N3O/c1-22(15-17-11-9-16(14-21)10-12-17)20(24)19-8-4-5-13-23(19)18-6-2-3-7-18/h9-12,18-19H,2-8,13,15H2,1H3/t19-/m0/s1. The first-order chi connectivity index (χ1) is 11.7. The molecule has 0 spiro atoms. The number of carbonyl (C=O) groups is 1. The molecule has 1 aromatic carbocycles. The fraction of sp³-hybridized carbons (Fsp3) is 0.600. The van der Waals surface area contributed by atoms with Crippen LogP contribution < -0.4 is 0 Å². The number of nitriles is 1. The Morgan fingerprint density at radius 2 is 1.83 bits per heavy atom. The molecule has 0 radical (unpaired) electrons. The van der Waals surface area contributed by atoms with Gasteiger partial charge in [0.05, 0.1) is 17.7 Å². The Kier molecular flexibility index (Phi) is 5.52. The lowest BCUT2D eigenvalue weighted by molar-refractivity contribution is -0.138. The number of likely N-dealkylation sites (N-methyl/N-ethyl adjacent to an activating group) is 1. The molecule has 1 atom stereocenters. The third-order valence-corrected chi connectivity index (χ3v) is 5.50. The van der Waals surface area contributed by atoms with Crippen molar-refractivity contribution in [2.24, 2.45) is 0 Å². The summed E-state index contributed by atoms with van der Waals surface area (Å²) in [6.07, 6.45) is 8.50. The van der Waals surface area contributed by atoms with Crippen LogP contribution in [0.15, 0.2) is 24.3 Å². The second-order valence-corrected chi connectivity index (χ2v) is 7.19. The molecule has 24 heavy (non-hydrogen) atoms. The predicted molar refractivity (Wildman–Crippen MR) is 94.2 cm³/mol. The van der Waals surface area contributed by atoms with Gasteiger partial charge in [0.1, 0.15) is 0 Å². The number of nitrogens with zero attached hydrogens (tertiary/aromatic N) is 3. The molecule has 4 heteroatoms. The summed E-state index contributed by atoms with van der Waals surface area (Å²) in [7, 11) is 1.90. The molecule has 0 aromatic heterocycles. The molecule has 128 valence electrons. The van der Waals surface area contributed by atoms with Crippen LogP contribution in [0.1, 0.15) is 56.1 Å². The quantitative estimate of drug-likeness (QED) is 0.853. The SMILES string of the molecule is CN(Cc1ccc(C#N)cc1)C(=O)[C@@H]1CCCCN1C1CCCC1. The summed E-state index contributed by atoms with van der Waals surface area (Å²) in [5.74, 6) is 0.256. The molecule has 1 amide bonds. The minimum absolute atomic E-state index is 0.0604. The van der Waals surface area contributed by atoms with Crippen LogP contribution in [-0.4, -0.2) is 41.4 Å². The van der Waals surface area contributed by atoms with Crippen molar-refractivity contribution in [1.82, 2.24) is 9.80 Å². The molecule has 2 aliphatic rings. The van der Waals surface area contributed by atoms with Gasteiger partial charge in [-0.15, -0.1) is 0 Å². The number of hydrogen-bond acceptors (Lipinski definition) is 3. The highest BCUT2D eigenvalue weighted by atomic mass is 16.2. The molecule has 1 saturated carbocycles. The topological polar surface area (TPSA) is 47.3 Å². The van der Waals surface area contributed by atoms with Crippen molar-refractivity contribution in [2.45, 2.75) is 63.6 Å². The summed E-state index contributed by atoms with van der Waals surface area (Å²) >= 11 is 0. The third kappa shape index (κ3) is 3.79. The second kappa shape index (κ2) is 7.81. The second-order valence-electron chi connectivity index (χ2n) is 7.19. The van der Waals surface area contributed by atoms with E-state index < -0.39 is 0 Å². The largest absolute Gasteiger partial charge is 0.340 e. The van der Waals surface area contributed by atoms with Gasteiger partial charge in [0.25, 0.3) is 0 Å². The number of carbonyl (C=O) groups excluding carboxylic acids is 1. The number of benzene rings is 1. The van der Waals surface area contributed by atoms with Crippen molar-refractivity contribution in [3.63, 3.8) is 0 Å². The molecule has 0 bridgehead atoms. The summed E-state index contributed by atoms with van der Waals surface area (Å²) in [6.45, 7) is 1.69. The van der Waals surface area contributed by atoms with Crippen LogP contribution in [0.3, 0.4) is 0 Å². The lowest BCUT2D eigenvalue weighted by atomic mass is 9.97. The Bertz CT molecular complexity index is 598. The van der Waals surface area contributed by atoms with Gasteiger partial charge < -0.3 is 4.90 Å². The molecule has 1 saturated heterocycles. The van der Waals surface area contributed by atoms with E-state index in [1.54, 1.807) is 0 Å². The van der Waals surface area contributed by atoms with E-state index in [0.717, 1.165) is 24.9 Å². The van der Waals surface area contributed by atoms with Gasteiger partial charge in [0, 0.05) is 19.6 Å². The summed E-state index contributed by atoms with van der Waals surface area (Å²) in [4.78, 5) is 17.4. The van der Waals surface area contributed by atoms with Crippen molar-refractivity contribution in [2.75, 3.05) is 13.6 Å². The minimum Gasteiger partial charge on any atom is -0.340 e. The van der Waals surface area contributed by atoms with Gasteiger partial charge in [-0.25, -0.2) is 0 Å². The predicted octanol–water partition coefficient (Wildman–Crippen LogP) is 3.31. The first-order valence-electron chi connectivity index (χ1n) is 9.19. The Morgan fingerprint density at radius 1 is 1.17 bits per heavy atom. The minimum atomic E-state index is 0.0604. The Morgan fingerprint density at radius 3 is 2.50 bits per heavy atom. The molecular weight excluding hydrogens is 298 g/mol. The Hall–Kier alpha value is -1.86. The summed E-state index contributed by atoms with van der Waals surface area (Å²) < 4.78 is 0. The van der Waals surface area contributed by atoms with Crippen LogP contribution in [0.5, 0.6) is 0 Å². The Labute approximate surface area is 145 Å². The van der Waals surface area contributed by atoms with Crippen molar-refractivity contribution < 1.29 is 4.79 Å². The number of amides is 1. The average molecular weight is 325 g/mol. The molecular formula is C20H27N3O. The zero-order valence-corrected chi connectivity index (χ0v) is 14.6. The fourth-order valence-electron chi connectivity index (χ4n) is 4.18. The number of rotatable bonds is 4. The summed E-state index contributed by atoms with van der Waals surface area (Å²) in [5, 5.41) is 8.88. The molecule has 3 rings (SSSR count). The maximum atomic E-state index is 13.0. The fourth-order valence-corrected chi connectivity index (χ4v) is 4.18. The van der Waals surface area contributed by atoms with Gasteiger partial charge in [-0.1, -0.05) is 31.4 Å². The lowest BCUT2D eigenvalue weighted by Crippen LogP contribution is -2.53. The van der Waals surface area contributed by atoms with E-state index in [9.17, 15) is 4.79 Å². The van der Waals surface area contributed by atoms with Crippen LogP contribution in [0, 0.1) is 11.3 Å². The van der Waals surface area contributed by atoms with E-state index in [4.69, 9.17) is 5.26 Å². The van der Waals surface area contributed by atoms with Gasteiger partial charge in [-0.2, -0.15) is 5.26 Å². The molecule has 1 aromatic rings. The van der Waals surface area contributed by atoms with E-state index >= 15 is 0 Å². The van der Waals surface area contributed by atoms with Crippen molar-refractivity contribution in [1.29, 1.82) is 5.26 Å². The van der Waals surface area contributed by atoms with Crippen molar-refractivity contribution in [3.05, 3.63) is 35.4 Å². The smallest absolute Gasteiger partial charge is 0.239 e. The lowest BCUT2D eigenvalue weighted by Gasteiger charge is -2.40. The first kappa shape index (κ1) is 17.0. The van der Waals surface area contributed by atoms with Gasteiger partial charge in [0.2, 0.25) is 5.91 Å². The van der Waals surface area contributed by atoms with E-state index in [2.05, 4.69) is 11.0 Å². The van der Waals surface area contributed by atoms with E-state index in [1.165, 1.54) is 32.1 Å². The van der Waals surface area contributed by atoms with Gasteiger partial charge in [-0.05, 0) is 49.9 Å². The third-order valence-electron chi connectivity index (χ3n) is 5.50. The Balaban J connectivity index is 1.65. The zero-order valence-electron chi connectivity index (χ0n) is 14.6. The first-order valence-corrected chi connectivity index (χ1v) is 9.19. The van der Waals surface area contributed by atoms with Crippen molar-refractivity contribution >= 4 is 5.91 Å². The van der Waals surface area contributed by atoms with E-state index in [1.807, 2.05) is 36.2 Å². The van der Waals surface area contributed by atoms with Gasteiger partial charge >= 0.3 is 0 Å². The van der Waals surface area contributed by atoms with Gasteiger partial charge in [0.15, 0.2) is 0 Å². The van der Waals surface area contributed by atoms with Crippen LogP contribution in [0.25, 0.3) is 0 Å². The molecule has 4 nitrogen and oxygen atoms in total. The molecule has 1 aliphatic carbocycles. The number of hydrogen-bond donors (Lipinski definition) is 0. The molecule has 1 heterocycles. The molecule has 0 N–H and O–H groups in total. The van der Waals surface area contributed by atoms with Crippen LogP contribution >= 0.6 is 0 Å². The maximum absolute atomic E-state index is 13.0. The van der Waals surface area contributed by atoms with E-state index in [-0.39, 0.29) is 11.9 Å². The highest BCUT2D eigenvalue weighted by molar-refractivity contribution is 5.81.